The number of carbonyl (C=O) groups is 1. The molecule has 0 aromatic heterocycles. The van der Waals surface area contributed by atoms with E-state index in [4.69, 9.17) is 4.74 Å². The van der Waals surface area contributed by atoms with Crippen LogP contribution in [0.3, 0.4) is 0 Å². The fourth-order valence-corrected chi connectivity index (χ4v) is 4.88. The van der Waals surface area contributed by atoms with Crippen molar-refractivity contribution in [3.63, 3.8) is 0 Å². The van der Waals surface area contributed by atoms with Gasteiger partial charge in [0.25, 0.3) is 0 Å². The molecule has 0 radical (unpaired) electrons. The number of hydrogen-bond acceptors (Lipinski definition) is 4. The number of rotatable bonds is 3. The van der Waals surface area contributed by atoms with Crippen molar-refractivity contribution in [2.75, 3.05) is 26.2 Å². The van der Waals surface area contributed by atoms with Gasteiger partial charge in [-0.1, -0.05) is 0 Å². The second kappa shape index (κ2) is 7.20. The average Bonchev–Trinajstić information content (AvgIpc) is 2.77. The molecular weight excluding hydrogens is 304 g/mol. The Morgan fingerprint density at radius 3 is 2.38 bits per heavy atom. The molecule has 1 amide bonds. The molecule has 3 saturated heterocycles. The van der Waals surface area contributed by atoms with E-state index in [1.807, 2.05) is 25.7 Å². The van der Waals surface area contributed by atoms with Gasteiger partial charge >= 0.3 is 6.09 Å². The van der Waals surface area contributed by atoms with E-state index in [9.17, 15) is 9.90 Å². The van der Waals surface area contributed by atoms with Gasteiger partial charge in [-0.2, -0.15) is 0 Å². The van der Waals surface area contributed by atoms with E-state index in [2.05, 4.69) is 4.90 Å². The second-order valence-corrected chi connectivity index (χ2v) is 9.06. The summed E-state index contributed by atoms with van der Waals surface area (Å²) >= 11 is 0. The summed E-state index contributed by atoms with van der Waals surface area (Å²) in [5, 5.41) is 9.41. The predicted molar refractivity (Wildman–Crippen MR) is 93.9 cm³/mol. The quantitative estimate of drug-likeness (QED) is 0.860. The number of nitrogens with zero attached hydrogens (tertiary/aromatic N) is 2. The largest absolute Gasteiger partial charge is 0.444 e. The Bertz CT molecular complexity index is 434. The molecule has 5 heteroatoms. The van der Waals surface area contributed by atoms with Crippen LogP contribution in [0.1, 0.15) is 59.3 Å². The number of aliphatic hydroxyl groups excluding tert-OH is 1. The highest BCUT2D eigenvalue weighted by Crippen LogP contribution is 2.40. The summed E-state index contributed by atoms with van der Waals surface area (Å²) in [6.45, 7) is 9.47. The van der Waals surface area contributed by atoms with Crippen molar-refractivity contribution < 1.29 is 14.6 Å². The molecule has 0 spiro atoms. The van der Waals surface area contributed by atoms with Crippen LogP contribution in [-0.2, 0) is 4.74 Å². The van der Waals surface area contributed by atoms with Crippen LogP contribution in [0.25, 0.3) is 0 Å². The molecule has 3 rings (SSSR count). The molecule has 1 N–H and O–H groups in total. The minimum absolute atomic E-state index is 0.119. The van der Waals surface area contributed by atoms with Gasteiger partial charge in [-0.05, 0) is 77.7 Å². The van der Waals surface area contributed by atoms with Crippen molar-refractivity contribution >= 4 is 6.09 Å². The van der Waals surface area contributed by atoms with E-state index in [0.717, 1.165) is 51.7 Å². The lowest BCUT2D eigenvalue weighted by Gasteiger charge is -2.42. The molecule has 0 saturated carbocycles. The van der Waals surface area contributed by atoms with E-state index in [1.165, 1.54) is 6.42 Å². The normalized spacial score (nSPS) is 34.4. The molecular formula is C19H34N2O3. The first-order valence-corrected chi connectivity index (χ1v) is 9.70. The molecule has 5 nitrogen and oxygen atoms in total. The van der Waals surface area contributed by atoms with Crippen molar-refractivity contribution in [2.45, 2.75) is 77.0 Å². The number of hydrogen-bond donors (Lipinski definition) is 1. The van der Waals surface area contributed by atoms with Crippen LogP contribution in [0.15, 0.2) is 0 Å². The van der Waals surface area contributed by atoms with E-state index in [-0.39, 0.29) is 6.09 Å². The van der Waals surface area contributed by atoms with Crippen molar-refractivity contribution in [2.24, 2.45) is 11.8 Å². The Hall–Kier alpha value is -0.810. The lowest BCUT2D eigenvalue weighted by Crippen LogP contribution is -2.50. The van der Waals surface area contributed by atoms with Crippen molar-refractivity contribution in [1.29, 1.82) is 0 Å². The van der Waals surface area contributed by atoms with Gasteiger partial charge in [0.05, 0.1) is 0 Å². The minimum atomic E-state index is -0.416. The smallest absolute Gasteiger partial charge is 0.410 e. The fraction of sp³-hybridized carbons (Fsp3) is 0.947. The third-order valence-corrected chi connectivity index (χ3v) is 5.81. The zero-order chi connectivity index (χ0) is 17.3. The number of fused-ring (bicyclic) bond motifs is 2. The summed E-state index contributed by atoms with van der Waals surface area (Å²) in [7, 11) is 0. The molecule has 3 aliphatic heterocycles. The number of ether oxygens (including phenoxy) is 1. The van der Waals surface area contributed by atoms with Crippen LogP contribution in [0.4, 0.5) is 4.79 Å². The van der Waals surface area contributed by atoms with Crippen molar-refractivity contribution in [3.05, 3.63) is 0 Å². The van der Waals surface area contributed by atoms with Crippen LogP contribution in [-0.4, -0.2) is 64.9 Å². The Morgan fingerprint density at radius 1 is 1.12 bits per heavy atom. The zero-order valence-electron chi connectivity index (χ0n) is 15.5. The van der Waals surface area contributed by atoms with Gasteiger partial charge in [0.2, 0.25) is 0 Å². The van der Waals surface area contributed by atoms with Gasteiger partial charge in [0.1, 0.15) is 5.60 Å². The zero-order valence-corrected chi connectivity index (χ0v) is 15.5. The molecule has 3 aliphatic rings. The van der Waals surface area contributed by atoms with E-state index in [0.29, 0.717) is 30.5 Å². The third-order valence-electron chi connectivity index (χ3n) is 5.81. The summed E-state index contributed by atoms with van der Waals surface area (Å²) in [4.78, 5) is 17.1. The summed E-state index contributed by atoms with van der Waals surface area (Å²) in [6.07, 6.45) is 6.71. The van der Waals surface area contributed by atoms with Crippen LogP contribution >= 0.6 is 0 Å². The van der Waals surface area contributed by atoms with Crippen molar-refractivity contribution in [3.8, 4) is 0 Å². The number of piperidine rings is 2. The second-order valence-electron chi connectivity index (χ2n) is 9.06. The highest BCUT2D eigenvalue weighted by atomic mass is 16.6. The number of aliphatic hydroxyl groups is 1. The molecule has 0 aliphatic carbocycles. The molecule has 3 heterocycles. The highest BCUT2D eigenvalue weighted by molar-refractivity contribution is 5.69. The molecule has 0 unspecified atom stereocenters. The Labute approximate surface area is 146 Å². The van der Waals surface area contributed by atoms with Crippen LogP contribution in [0, 0.1) is 11.8 Å². The first kappa shape index (κ1) is 18.0. The fourth-order valence-electron chi connectivity index (χ4n) is 4.88. The maximum atomic E-state index is 12.5. The monoisotopic (exact) mass is 338 g/mol. The Balaban J connectivity index is 1.54. The maximum absolute atomic E-state index is 12.5. The maximum Gasteiger partial charge on any atom is 0.410 e. The molecule has 2 bridgehead atoms. The predicted octanol–water partition coefficient (Wildman–Crippen LogP) is 2.87. The van der Waals surface area contributed by atoms with Crippen LogP contribution < -0.4 is 0 Å². The van der Waals surface area contributed by atoms with Gasteiger partial charge in [-0.25, -0.2) is 4.79 Å². The van der Waals surface area contributed by atoms with Crippen LogP contribution in [0.5, 0.6) is 0 Å². The third kappa shape index (κ3) is 4.23. The minimum Gasteiger partial charge on any atom is -0.444 e. The van der Waals surface area contributed by atoms with Crippen LogP contribution in [0.2, 0.25) is 0 Å². The molecule has 24 heavy (non-hydrogen) atoms. The average molecular weight is 338 g/mol. The van der Waals surface area contributed by atoms with E-state index >= 15 is 0 Å². The summed E-state index contributed by atoms with van der Waals surface area (Å²) in [6, 6.07) is 0.726. The van der Waals surface area contributed by atoms with Gasteiger partial charge in [0.15, 0.2) is 0 Å². The standard InChI is InChI=1S/C19H34N2O3/c1-19(2,3)24-18(23)21-16-6-7-17(21)10-15(9-16)12-20-8-4-5-14(11-20)13-22/h14-17,22H,4-13H2,1-3H3/t14-,16-,17-/m0/s1. The molecule has 138 valence electrons. The number of carbonyl (C=O) groups excluding carboxylic acids is 1. The van der Waals surface area contributed by atoms with Gasteiger partial charge in [-0.3, -0.25) is 0 Å². The number of likely N-dealkylation sites (tertiary alicyclic amines) is 1. The molecule has 3 atom stereocenters. The first-order valence-electron chi connectivity index (χ1n) is 9.70. The summed E-state index contributed by atoms with van der Waals surface area (Å²) < 4.78 is 5.62. The lowest BCUT2D eigenvalue weighted by atomic mass is 9.89. The van der Waals surface area contributed by atoms with Gasteiger partial charge in [0, 0.05) is 31.8 Å². The van der Waals surface area contributed by atoms with Crippen molar-refractivity contribution in [1.82, 2.24) is 9.80 Å². The van der Waals surface area contributed by atoms with E-state index < -0.39 is 5.60 Å². The van der Waals surface area contributed by atoms with E-state index in [1.54, 1.807) is 0 Å². The molecule has 3 fully saturated rings. The Morgan fingerprint density at radius 2 is 1.79 bits per heavy atom. The highest BCUT2D eigenvalue weighted by Gasteiger charge is 2.45. The molecule has 0 aromatic carbocycles. The first-order chi connectivity index (χ1) is 11.4. The Kier molecular flexibility index (Phi) is 5.40. The topological polar surface area (TPSA) is 53.0 Å². The number of amides is 1. The summed E-state index contributed by atoms with van der Waals surface area (Å²) in [5.74, 6) is 1.14. The van der Waals surface area contributed by atoms with Gasteiger partial charge < -0.3 is 19.6 Å². The summed E-state index contributed by atoms with van der Waals surface area (Å²) in [5.41, 5.74) is -0.416. The SMILES string of the molecule is CC(C)(C)OC(=O)N1[C@H]2CC[C@H]1CC(CN1CCC[C@H](CO)C1)C2. The molecule has 0 aromatic rings. The lowest BCUT2D eigenvalue weighted by molar-refractivity contribution is -0.00174. The van der Waals surface area contributed by atoms with Gasteiger partial charge in [-0.15, -0.1) is 0 Å².